The monoisotopic (exact) mass is 306 g/mol. The van der Waals surface area contributed by atoms with Crippen molar-refractivity contribution in [2.24, 2.45) is 0 Å². The van der Waals surface area contributed by atoms with Crippen molar-refractivity contribution in [2.45, 2.75) is 13.0 Å². The maximum absolute atomic E-state index is 12.0. The molecule has 1 amide bonds. The summed E-state index contributed by atoms with van der Waals surface area (Å²) in [5.74, 6) is -1.13. The first-order valence-corrected chi connectivity index (χ1v) is 7.08. The van der Waals surface area contributed by atoms with Crippen LogP contribution in [0.4, 0.5) is 4.79 Å². The number of rotatable bonds is 3. The van der Waals surface area contributed by atoms with Gasteiger partial charge in [0.05, 0.1) is 18.7 Å². The minimum Gasteiger partial charge on any atom is -0.465 e. The highest BCUT2D eigenvalue weighted by Crippen LogP contribution is 2.07. The van der Waals surface area contributed by atoms with Gasteiger partial charge in [-0.2, -0.15) is 0 Å². The van der Waals surface area contributed by atoms with Crippen molar-refractivity contribution < 1.29 is 23.9 Å². The smallest absolute Gasteiger partial charge is 0.417 e. The van der Waals surface area contributed by atoms with Crippen molar-refractivity contribution in [3.63, 3.8) is 0 Å². The first-order valence-electron chi connectivity index (χ1n) is 7.08. The van der Waals surface area contributed by atoms with Gasteiger partial charge in [-0.25, -0.2) is 9.59 Å². The van der Waals surface area contributed by atoms with Crippen molar-refractivity contribution in [1.29, 1.82) is 0 Å². The molecule has 0 saturated carbocycles. The number of hydrogen-bond acceptors (Lipinski definition) is 6. The van der Waals surface area contributed by atoms with E-state index in [-0.39, 0.29) is 13.2 Å². The molecule has 1 N–H and O–H groups in total. The average molecular weight is 306 g/mol. The summed E-state index contributed by atoms with van der Waals surface area (Å²) >= 11 is 0. The molecule has 0 aliphatic carbocycles. The van der Waals surface area contributed by atoms with E-state index < -0.39 is 24.1 Å². The number of esters is 2. The zero-order valence-electron chi connectivity index (χ0n) is 12.3. The number of benzene rings is 1. The third kappa shape index (κ3) is 4.05. The van der Waals surface area contributed by atoms with Crippen LogP contribution in [0.5, 0.6) is 0 Å². The van der Waals surface area contributed by atoms with Gasteiger partial charge in [-0.05, 0) is 19.1 Å². The summed E-state index contributed by atoms with van der Waals surface area (Å²) in [6, 6.07) is 7.65. The fourth-order valence-electron chi connectivity index (χ4n) is 2.09. The maximum atomic E-state index is 12.0. The van der Waals surface area contributed by atoms with Gasteiger partial charge < -0.3 is 19.7 Å². The van der Waals surface area contributed by atoms with E-state index in [9.17, 15) is 14.4 Å². The second-order valence-corrected chi connectivity index (χ2v) is 4.73. The normalized spacial score (nSPS) is 17.7. The Hall–Kier alpha value is -2.41. The highest BCUT2D eigenvalue weighted by Gasteiger charge is 2.30. The Labute approximate surface area is 128 Å². The molecule has 1 aliphatic heterocycles. The van der Waals surface area contributed by atoms with E-state index in [1.54, 1.807) is 37.3 Å². The number of amides is 1. The lowest BCUT2D eigenvalue weighted by Gasteiger charge is -2.31. The molecule has 2 rings (SSSR count). The van der Waals surface area contributed by atoms with Gasteiger partial charge in [-0.3, -0.25) is 4.79 Å². The lowest BCUT2D eigenvalue weighted by Crippen LogP contribution is -2.56. The Bertz CT molecular complexity index is 546. The number of carbonyl (C=O) groups excluding carboxylic acids is 3. The van der Waals surface area contributed by atoms with Crippen LogP contribution in [-0.2, 0) is 14.3 Å². The number of nitrogens with zero attached hydrogens (tertiary/aromatic N) is 1. The Morgan fingerprint density at radius 1 is 1.27 bits per heavy atom. The summed E-state index contributed by atoms with van der Waals surface area (Å²) < 4.78 is 9.74. The van der Waals surface area contributed by atoms with E-state index in [4.69, 9.17) is 9.47 Å². The Morgan fingerprint density at radius 2 is 2.00 bits per heavy atom. The molecule has 22 heavy (non-hydrogen) atoms. The van der Waals surface area contributed by atoms with Crippen molar-refractivity contribution in [1.82, 2.24) is 10.2 Å². The van der Waals surface area contributed by atoms with Gasteiger partial charge in [0.15, 0.2) is 0 Å². The van der Waals surface area contributed by atoms with Crippen LogP contribution < -0.4 is 5.32 Å². The highest BCUT2D eigenvalue weighted by molar-refractivity contribution is 5.96. The highest BCUT2D eigenvalue weighted by atomic mass is 16.6. The van der Waals surface area contributed by atoms with Gasteiger partial charge in [0.1, 0.15) is 6.04 Å². The summed E-state index contributed by atoms with van der Waals surface area (Å²) in [5, 5.41) is 2.96. The van der Waals surface area contributed by atoms with E-state index in [0.717, 1.165) is 0 Å². The van der Waals surface area contributed by atoms with Crippen LogP contribution in [0.25, 0.3) is 0 Å². The standard InChI is InChI=1S/C15H18N2O5/c1-2-21-14(19)12-10-17(9-8-16-12)15(20)22-13(18)11-6-4-3-5-7-11/h3-7,12,16H,2,8-10H2,1H3. The fourth-order valence-corrected chi connectivity index (χ4v) is 2.09. The minimum atomic E-state index is -0.760. The first-order chi connectivity index (χ1) is 10.6. The van der Waals surface area contributed by atoms with Crippen molar-refractivity contribution in [3.05, 3.63) is 35.9 Å². The number of hydrogen-bond donors (Lipinski definition) is 1. The Morgan fingerprint density at radius 3 is 2.68 bits per heavy atom. The Balaban J connectivity index is 1.92. The predicted molar refractivity (Wildman–Crippen MR) is 77.3 cm³/mol. The van der Waals surface area contributed by atoms with Crippen LogP contribution >= 0.6 is 0 Å². The molecular formula is C15H18N2O5. The SMILES string of the molecule is CCOC(=O)C1CN(C(=O)OC(=O)c2ccccc2)CCN1. The maximum Gasteiger partial charge on any atom is 0.417 e. The molecule has 0 aromatic heterocycles. The van der Waals surface area contributed by atoms with Crippen LogP contribution in [0, 0.1) is 0 Å². The summed E-state index contributed by atoms with van der Waals surface area (Å²) in [7, 11) is 0. The number of nitrogens with one attached hydrogen (secondary N) is 1. The van der Waals surface area contributed by atoms with Gasteiger partial charge in [0.2, 0.25) is 0 Å². The molecule has 7 nitrogen and oxygen atoms in total. The molecule has 0 bridgehead atoms. The van der Waals surface area contributed by atoms with Gasteiger partial charge in [0, 0.05) is 13.1 Å². The van der Waals surface area contributed by atoms with Gasteiger partial charge >= 0.3 is 18.0 Å². The van der Waals surface area contributed by atoms with Crippen LogP contribution in [0.2, 0.25) is 0 Å². The lowest BCUT2D eigenvalue weighted by atomic mass is 10.2. The molecule has 7 heteroatoms. The molecule has 118 valence electrons. The van der Waals surface area contributed by atoms with Crippen molar-refractivity contribution in [3.8, 4) is 0 Å². The van der Waals surface area contributed by atoms with E-state index in [0.29, 0.717) is 18.7 Å². The van der Waals surface area contributed by atoms with Crippen LogP contribution in [-0.4, -0.2) is 55.2 Å². The number of carbonyl (C=O) groups is 3. The first kappa shape index (κ1) is 16.0. The van der Waals surface area contributed by atoms with Crippen molar-refractivity contribution in [2.75, 3.05) is 26.2 Å². The predicted octanol–water partition coefficient (Wildman–Crippen LogP) is 0.800. The molecule has 1 aliphatic rings. The fraction of sp³-hybridized carbons (Fsp3) is 0.400. The minimum absolute atomic E-state index is 0.111. The van der Waals surface area contributed by atoms with Gasteiger partial charge in [-0.1, -0.05) is 18.2 Å². The van der Waals surface area contributed by atoms with Gasteiger partial charge in [0.25, 0.3) is 0 Å². The zero-order chi connectivity index (χ0) is 15.9. The van der Waals surface area contributed by atoms with Gasteiger partial charge in [-0.15, -0.1) is 0 Å². The van der Waals surface area contributed by atoms with Crippen LogP contribution in [0.15, 0.2) is 30.3 Å². The molecular weight excluding hydrogens is 288 g/mol. The third-order valence-electron chi connectivity index (χ3n) is 3.19. The number of piperazine rings is 1. The topological polar surface area (TPSA) is 84.9 Å². The summed E-state index contributed by atoms with van der Waals surface area (Å²) in [5.41, 5.74) is 0.299. The van der Waals surface area contributed by atoms with Crippen molar-refractivity contribution >= 4 is 18.0 Å². The molecule has 1 unspecified atom stereocenters. The zero-order valence-corrected chi connectivity index (χ0v) is 12.3. The molecule has 1 fully saturated rings. The number of ether oxygens (including phenoxy) is 2. The largest absolute Gasteiger partial charge is 0.465 e. The summed E-state index contributed by atoms with van der Waals surface area (Å²) in [6.07, 6.45) is -0.760. The third-order valence-corrected chi connectivity index (χ3v) is 3.19. The molecule has 1 atom stereocenters. The molecule has 0 radical (unpaired) electrons. The second-order valence-electron chi connectivity index (χ2n) is 4.73. The lowest BCUT2D eigenvalue weighted by molar-refractivity contribution is -0.146. The molecule has 1 saturated heterocycles. The van der Waals surface area contributed by atoms with E-state index in [1.807, 2.05) is 0 Å². The quantitative estimate of drug-likeness (QED) is 0.657. The molecule has 1 heterocycles. The molecule has 0 spiro atoms. The Kier molecular flexibility index (Phi) is 5.48. The van der Waals surface area contributed by atoms with Crippen LogP contribution in [0.3, 0.4) is 0 Å². The van der Waals surface area contributed by atoms with E-state index in [2.05, 4.69) is 5.32 Å². The summed E-state index contributed by atoms with van der Waals surface area (Å²) in [6.45, 7) is 2.88. The second kappa shape index (κ2) is 7.56. The van der Waals surface area contributed by atoms with Crippen LogP contribution in [0.1, 0.15) is 17.3 Å². The molecule has 1 aromatic rings. The van der Waals surface area contributed by atoms with E-state index in [1.165, 1.54) is 4.90 Å². The van der Waals surface area contributed by atoms with E-state index >= 15 is 0 Å². The summed E-state index contributed by atoms with van der Waals surface area (Å²) in [4.78, 5) is 36.8. The molecule has 1 aromatic carbocycles. The average Bonchev–Trinajstić information content (AvgIpc) is 2.56.